The summed E-state index contributed by atoms with van der Waals surface area (Å²) in [6, 6.07) is 1.47. The van der Waals surface area contributed by atoms with E-state index >= 15 is 0 Å². The van der Waals surface area contributed by atoms with Gasteiger partial charge in [-0.2, -0.15) is 0 Å². The van der Waals surface area contributed by atoms with Gasteiger partial charge in [0.15, 0.2) is 0 Å². The van der Waals surface area contributed by atoms with Gasteiger partial charge < -0.3 is 0 Å². The number of hydrogen-bond acceptors (Lipinski definition) is 0. The second-order valence-corrected chi connectivity index (χ2v) is 15.7. The van der Waals surface area contributed by atoms with E-state index < -0.39 is 8.07 Å². The molecular weight excluding hydrogens is 200 g/mol. The summed E-state index contributed by atoms with van der Waals surface area (Å²) in [5, 5.41) is 0.656. The van der Waals surface area contributed by atoms with Crippen molar-refractivity contribution in [1.82, 2.24) is 0 Å². The molecule has 0 unspecified atom stereocenters. The summed E-state index contributed by atoms with van der Waals surface area (Å²) in [7, 11) is -0.765. The third-order valence-electron chi connectivity index (χ3n) is 2.92. The molecule has 14 heavy (non-hydrogen) atoms. The summed E-state index contributed by atoms with van der Waals surface area (Å²) in [5.41, 5.74) is 0.566. The van der Waals surface area contributed by atoms with E-state index in [1.54, 1.807) is 0 Å². The Kier molecular flexibility index (Phi) is 4.66. The SMILES string of the molecule is C[SiH2]C(C)(C)CC(C)(C)C[Si](C)(C)C. The maximum Gasteiger partial charge on any atom is 0.0447 e. The predicted molar refractivity (Wildman–Crippen MR) is 75.0 cm³/mol. The Morgan fingerprint density at radius 2 is 1.43 bits per heavy atom. The molecule has 0 aliphatic rings. The highest BCUT2D eigenvalue weighted by Gasteiger charge is 2.31. The van der Waals surface area contributed by atoms with Gasteiger partial charge in [-0.1, -0.05) is 59.9 Å². The largest absolute Gasteiger partial charge is 0.0744 e. The Hall–Kier alpha value is 0.434. The number of rotatable bonds is 5. The first-order valence-electron chi connectivity index (χ1n) is 5.97. The molecular formula is C12H30Si2. The molecule has 0 aliphatic heterocycles. The normalized spacial score (nSPS) is 15.4. The first-order valence-corrected chi connectivity index (χ1v) is 11.8. The molecule has 0 aromatic heterocycles. The molecule has 0 N–H and O–H groups in total. The Morgan fingerprint density at radius 1 is 1.00 bits per heavy atom. The lowest BCUT2D eigenvalue weighted by molar-refractivity contribution is 0.325. The van der Waals surface area contributed by atoms with Crippen LogP contribution in [0.25, 0.3) is 0 Å². The molecule has 0 rings (SSSR count). The second-order valence-electron chi connectivity index (χ2n) is 7.60. The molecule has 0 aromatic rings. The lowest BCUT2D eigenvalue weighted by Gasteiger charge is -2.37. The van der Waals surface area contributed by atoms with Crippen LogP contribution in [0.3, 0.4) is 0 Å². The maximum absolute atomic E-state index is 2.49. The summed E-state index contributed by atoms with van der Waals surface area (Å²) in [6.07, 6.45) is 1.42. The maximum atomic E-state index is 2.49. The number of hydrogen-bond donors (Lipinski definition) is 0. The van der Waals surface area contributed by atoms with E-state index in [1.807, 2.05) is 0 Å². The van der Waals surface area contributed by atoms with Crippen LogP contribution in [0.4, 0.5) is 0 Å². The molecule has 86 valence electrons. The average Bonchev–Trinajstić information content (AvgIpc) is 1.78. The van der Waals surface area contributed by atoms with Gasteiger partial charge in [-0.25, -0.2) is 0 Å². The van der Waals surface area contributed by atoms with Crippen LogP contribution < -0.4 is 0 Å². The van der Waals surface area contributed by atoms with Crippen LogP contribution in [0.15, 0.2) is 0 Å². The molecule has 0 fully saturated rings. The first kappa shape index (κ1) is 14.4. The Labute approximate surface area is 94.7 Å². The summed E-state index contributed by atoms with van der Waals surface area (Å²) in [4.78, 5) is 0. The van der Waals surface area contributed by atoms with E-state index in [2.05, 4.69) is 53.9 Å². The van der Waals surface area contributed by atoms with Crippen molar-refractivity contribution in [2.75, 3.05) is 0 Å². The Balaban J connectivity index is 4.35. The van der Waals surface area contributed by atoms with Crippen LogP contribution in [0, 0.1) is 5.41 Å². The van der Waals surface area contributed by atoms with Crippen molar-refractivity contribution >= 4 is 17.6 Å². The van der Waals surface area contributed by atoms with Crippen LogP contribution in [0.2, 0.25) is 37.3 Å². The van der Waals surface area contributed by atoms with Crippen LogP contribution in [-0.4, -0.2) is 17.6 Å². The fourth-order valence-corrected chi connectivity index (χ4v) is 6.84. The summed E-state index contributed by atoms with van der Waals surface area (Å²) >= 11 is 0. The molecule has 0 aromatic carbocycles. The van der Waals surface area contributed by atoms with Gasteiger partial charge in [0.25, 0.3) is 0 Å². The highest BCUT2D eigenvalue weighted by atomic mass is 28.3. The van der Waals surface area contributed by atoms with Crippen molar-refractivity contribution in [2.45, 2.75) is 71.4 Å². The third kappa shape index (κ3) is 6.82. The zero-order chi connectivity index (χ0) is 11.6. The highest BCUT2D eigenvalue weighted by molar-refractivity contribution is 6.76. The Bertz CT molecular complexity index is 175. The average molecular weight is 231 g/mol. The van der Waals surface area contributed by atoms with Gasteiger partial charge >= 0.3 is 0 Å². The van der Waals surface area contributed by atoms with Crippen LogP contribution >= 0.6 is 0 Å². The van der Waals surface area contributed by atoms with Crippen LogP contribution in [0.1, 0.15) is 34.1 Å². The minimum Gasteiger partial charge on any atom is -0.0744 e. The Morgan fingerprint density at radius 3 is 1.71 bits per heavy atom. The lowest BCUT2D eigenvalue weighted by Crippen LogP contribution is -2.31. The van der Waals surface area contributed by atoms with E-state index in [4.69, 9.17) is 0 Å². The van der Waals surface area contributed by atoms with Gasteiger partial charge in [-0.3, -0.25) is 0 Å². The van der Waals surface area contributed by atoms with Crippen LogP contribution in [-0.2, 0) is 0 Å². The molecule has 0 amide bonds. The van der Waals surface area contributed by atoms with Crippen molar-refractivity contribution in [3.05, 3.63) is 0 Å². The van der Waals surface area contributed by atoms with Gasteiger partial charge in [-0.05, 0) is 16.9 Å². The van der Waals surface area contributed by atoms with Gasteiger partial charge in [0.1, 0.15) is 0 Å². The molecule has 0 aliphatic carbocycles. The molecule has 0 radical (unpaired) electrons. The van der Waals surface area contributed by atoms with E-state index in [0.717, 1.165) is 0 Å². The smallest absolute Gasteiger partial charge is 0.0447 e. The molecule has 0 spiro atoms. The topological polar surface area (TPSA) is 0 Å². The molecule has 0 heterocycles. The fraction of sp³-hybridized carbons (Fsp3) is 1.00. The van der Waals surface area contributed by atoms with Gasteiger partial charge in [-0.15, -0.1) is 0 Å². The molecule has 0 saturated heterocycles. The summed E-state index contributed by atoms with van der Waals surface area (Å²) in [6.45, 7) is 19.8. The molecule has 0 atom stereocenters. The fourth-order valence-electron chi connectivity index (χ4n) is 2.92. The monoisotopic (exact) mass is 230 g/mol. The van der Waals surface area contributed by atoms with Crippen molar-refractivity contribution in [2.24, 2.45) is 5.41 Å². The van der Waals surface area contributed by atoms with Crippen LogP contribution in [0.5, 0.6) is 0 Å². The predicted octanol–water partition coefficient (Wildman–Crippen LogP) is 4.16. The first-order chi connectivity index (χ1) is 5.97. The molecule has 0 bridgehead atoms. The second kappa shape index (κ2) is 4.52. The van der Waals surface area contributed by atoms with Crippen molar-refractivity contribution in [3.8, 4) is 0 Å². The van der Waals surface area contributed by atoms with Crippen molar-refractivity contribution in [3.63, 3.8) is 0 Å². The van der Waals surface area contributed by atoms with E-state index in [0.29, 0.717) is 10.5 Å². The van der Waals surface area contributed by atoms with Crippen molar-refractivity contribution < 1.29 is 0 Å². The van der Waals surface area contributed by atoms with E-state index in [-0.39, 0.29) is 9.52 Å². The van der Waals surface area contributed by atoms with E-state index in [9.17, 15) is 0 Å². The third-order valence-corrected chi connectivity index (χ3v) is 7.11. The van der Waals surface area contributed by atoms with Gasteiger partial charge in [0.05, 0.1) is 0 Å². The van der Waals surface area contributed by atoms with Gasteiger partial charge in [0, 0.05) is 17.6 Å². The molecule has 2 heteroatoms. The minimum atomic E-state index is -0.890. The van der Waals surface area contributed by atoms with E-state index in [1.165, 1.54) is 12.5 Å². The molecule has 0 nitrogen and oxygen atoms in total. The molecule has 0 saturated carbocycles. The zero-order valence-corrected chi connectivity index (χ0v) is 14.0. The van der Waals surface area contributed by atoms with Gasteiger partial charge in [0.2, 0.25) is 0 Å². The quantitative estimate of drug-likeness (QED) is 0.622. The summed E-state index contributed by atoms with van der Waals surface area (Å²) < 4.78 is 0. The van der Waals surface area contributed by atoms with Crippen molar-refractivity contribution in [1.29, 1.82) is 0 Å². The highest BCUT2D eigenvalue weighted by Crippen LogP contribution is 2.42. The standard InChI is InChI=1S/C12H30Si2/c1-11(2,10-14(6,7)8)9-12(3,4)13-5/h9-10,13H2,1-8H3. The summed E-state index contributed by atoms with van der Waals surface area (Å²) in [5.74, 6) is 0. The minimum absolute atomic E-state index is 0.124. The lowest BCUT2D eigenvalue weighted by atomic mass is 9.85. The zero-order valence-electron chi connectivity index (χ0n) is 11.6.